The highest BCUT2D eigenvalue weighted by Crippen LogP contribution is 2.25. The zero-order valence-electron chi connectivity index (χ0n) is 12.0. The third-order valence-corrected chi connectivity index (χ3v) is 3.20. The van der Waals surface area contributed by atoms with Gasteiger partial charge in [0, 0.05) is 6.04 Å². The van der Waals surface area contributed by atoms with Crippen molar-refractivity contribution in [1.82, 2.24) is 0 Å². The quantitative estimate of drug-likeness (QED) is 0.758. The van der Waals surface area contributed by atoms with E-state index in [1.165, 1.54) is 16.7 Å². The second kappa shape index (κ2) is 7.39. The molecule has 0 fully saturated rings. The molecule has 3 heteroatoms. The summed E-state index contributed by atoms with van der Waals surface area (Å²) in [7, 11) is 0. The van der Waals surface area contributed by atoms with Gasteiger partial charge in [0.25, 0.3) is 0 Å². The Morgan fingerprint density at radius 3 is 2.44 bits per heavy atom. The van der Waals surface area contributed by atoms with Crippen molar-refractivity contribution < 1.29 is 9.47 Å². The Hall–Kier alpha value is -1.06. The molecule has 102 valence electrons. The van der Waals surface area contributed by atoms with Crippen LogP contribution in [0.2, 0.25) is 0 Å². The molecule has 0 amide bonds. The lowest BCUT2D eigenvalue weighted by Gasteiger charge is -2.14. The van der Waals surface area contributed by atoms with Gasteiger partial charge in [0.1, 0.15) is 12.4 Å². The first kappa shape index (κ1) is 15.0. The third kappa shape index (κ3) is 4.31. The van der Waals surface area contributed by atoms with Crippen molar-refractivity contribution in [3.05, 3.63) is 28.8 Å². The van der Waals surface area contributed by atoms with Gasteiger partial charge in [-0.2, -0.15) is 0 Å². The fourth-order valence-corrected chi connectivity index (χ4v) is 1.70. The number of hydrogen-bond donors (Lipinski definition) is 1. The topological polar surface area (TPSA) is 44.5 Å². The van der Waals surface area contributed by atoms with Gasteiger partial charge in [-0.05, 0) is 43.9 Å². The summed E-state index contributed by atoms with van der Waals surface area (Å²) < 4.78 is 11.3. The molecule has 18 heavy (non-hydrogen) atoms. The average molecular weight is 251 g/mol. The summed E-state index contributed by atoms with van der Waals surface area (Å²) in [5.74, 6) is 0.985. The van der Waals surface area contributed by atoms with Crippen molar-refractivity contribution in [2.24, 2.45) is 5.73 Å². The van der Waals surface area contributed by atoms with Gasteiger partial charge in [-0.3, -0.25) is 0 Å². The molecule has 0 spiro atoms. The largest absolute Gasteiger partial charge is 0.491 e. The zero-order valence-corrected chi connectivity index (χ0v) is 12.0. The Morgan fingerprint density at radius 1 is 1.11 bits per heavy atom. The number of ether oxygens (including phenoxy) is 2. The lowest BCUT2D eigenvalue weighted by atomic mass is 10.1. The molecule has 0 bridgehead atoms. The molecular weight excluding hydrogens is 226 g/mol. The molecule has 0 aliphatic rings. The number of benzene rings is 1. The van der Waals surface area contributed by atoms with Crippen LogP contribution in [0.5, 0.6) is 5.75 Å². The van der Waals surface area contributed by atoms with Crippen LogP contribution in [0.25, 0.3) is 0 Å². The van der Waals surface area contributed by atoms with Gasteiger partial charge in [-0.15, -0.1) is 0 Å². The van der Waals surface area contributed by atoms with E-state index in [0.717, 1.165) is 12.2 Å². The Balaban J connectivity index is 2.38. The van der Waals surface area contributed by atoms with Gasteiger partial charge in [0.05, 0.1) is 13.2 Å². The van der Waals surface area contributed by atoms with Crippen LogP contribution in [0.15, 0.2) is 12.1 Å². The molecule has 0 saturated heterocycles. The lowest BCUT2D eigenvalue weighted by molar-refractivity contribution is 0.0893. The van der Waals surface area contributed by atoms with Gasteiger partial charge in [-0.25, -0.2) is 0 Å². The molecule has 3 nitrogen and oxygen atoms in total. The number of rotatable bonds is 7. The Morgan fingerprint density at radius 2 is 1.78 bits per heavy atom. The molecule has 0 aromatic heterocycles. The van der Waals surface area contributed by atoms with Gasteiger partial charge in [-0.1, -0.05) is 19.1 Å². The van der Waals surface area contributed by atoms with E-state index >= 15 is 0 Å². The number of aryl methyl sites for hydroxylation is 2. The summed E-state index contributed by atoms with van der Waals surface area (Å²) in [4.78, 5) is 0. The van der Waals surface area contributed by atoms with Crippen LogP contribution in [0, 0.1) is 20.8 Å². The highest BCUT2D eigenvalue weighted by Gasteiger charge is 2.06. The molecule has 1 aromatic rings. The molecular formula is C15H25NO2. The fraction of sp³-hybridized carbons (Fsp3) is 0.600. The van der Waals surface area contributed by atoms with E-state index in [9.17, 15) is 0 Å². The van der Waals surface area contributed by atoms with E-state index in [-0.39, 0.29) is 6.04 Å². The van der Waals surface area contributed by atoms with E-state index in [2.05, 4.69) is 39.8 Å². The highest BCUT2D eigenvalue weighted by molar-refractivity contribution is 5.44. The summed E-state index contributed by atoms with van der Waals surface area (Å²) in [6, 6.07) is 4.34. The van der Waals surface area contributed by atoms with Crippen molar-refractivity contribution in [3.63, 3.8) is 0 Å². The van der Waals surface area contributed by atoms with Crippen LogP contribution in [0.3, 0.4) is 0 Å². The Labute approximate surface area is 110 Å². The van der Waals surface area contributed by atoms with Crippen LogP contribution in [0.1, 0.15) is 30.0 Å². The van der Waals surface area contributed by atoms with E-state index in [4.69, 9.17) is 15.2 Å². The molecule has 1 atom stereocenters. The standard InChI is InChI=1S/C15H25NO2/c1-5-14(16)10-17-8-9-18-15-12(3)7-6-11(2)13(15)4/h6-7,14H,5,8-10,16H2,1-4H3. The molecule has 0 radical (unpaired) electrons. The predicted molar refractivity (Wildman–Crippen MR) is 75.2 cm³/mol. The van der Waals surface area contributed by atoms with E-state index in [1.807, 2.05) is 0 Å². The molecule has 2 N–H and O–H groups in total. The smallest absolute Gasteiger partial charge is 0.125 e. The minimum Gasteiger partial charge on any atom is -0.491 e. The fourth-order valence-electron chi connectivity index (χ4n) is 1.70. The second-order valence-electron chi connectivity index (χ2n) is 4.75. The third-order valence-electron chi connectivity index (χ3n) is 3.20. The van der Waals surface area contributed by atoms with Crippen LogP contribution in [0.4, 0.5) is 0 Å². The number of nitrogens with two attached hydrogens (primary N) is 1. The van der Waals surface area contributed by atoms with E-state index < -0.39 is 0 Å². The summed E-state index contributed by atoms with van der Waals surface area (Å²) in [5.41, 5.74) is 9.40. The van der Waals surface area contributed by atoms with Crippen LogP contribution in [-0.2, 0) is 4.74 Å². The summed E-state index contributed by atoms with van der Waals surface area (Å²) in [6.45, 7) is 10.1. The SMILES string of the molecule is CCC(N)COCCOc1c(C)ccc(C)c1C. The van der Waals surface area contributed by atoms with Crippen LogP contribution in [-0.4, -0.2) is 25.9 Å². The highest BCUT2D eigenvalue weighted by atomic mass is 16.5. The van der Waals surface area contributed by atoms with Crippen molar-refractivity contribution in [3.8, 4) is 5.75 Å². The van der Waals surface area contributed by atoms with Crippen molar-refractivity contribution in [1.29, 1.82) is 0 Å². The van der Waals surface area contributed by atoms with Crippen molar-refractivity contribution in [2.45, 2.75) is 40.2 Å². The monoisotopic (exact) mass is 251 g/mol. The normalized spacial score (nSPS) is 12.5. The van der Waals surface area contributed by atoms with Gasteiger partial charge >= 0.3 is 0 Å². The summed E-state index contributed by atoms with van der Waals surface area (Å²) in [6.07, 6.45) is 0.941. The predicted octanol–water partition coefficient (Wildman–Crippen LogP) is 2.74. The Bertz CT molecular complexity index is 377. The maximum absolute atomic E-state index is 5.80. The maximum atomic E-state index is 5.80. The molecule has 0 aliphatic carbocycles. The molecule has 0 heterocycles. The van der Waals surface area contributed by atoms with E-state index in [1.54, 1.807) is 0 Å². The zero-order chi connectivity index (χ0) is 13.5. The molecule has 0 aliphatic heterocycles. The van der Waals surface area contributed by atoms with E-state index in [0.29, 0.717) is 19.8 Å². The molecule has 1 rings (SSSR count). The van der Waals surface area contributed by atoms with Gasteiger partial charge in [0.2, 0.25) is 0 Å². The summed E-state index contributed by atoms with van der Waals surface area (Å²) in [5, 5.41) is 0. The van der Waals surface area contributed by atoms with Gasteiger partial charge in [0.15, 0.2) is 0 Å². The first-order valence-electron chi connectivity index (χ1n) is 6.59. The molecule has 1 unspecified atom stereocenters. The lowest BCUT2D eigenvalue weighted by Crippen LogP contribution is -2.26. The average Bonchev–Trinajstić information content (AvgIpc) is 2.37. The van der Waals surface area contributed by atoms with Crippen molar-refractivity contribution in [2.75, 3.05) is 19.8 Å². The minimum atomic E-state index is 0.132. The maximum Gasteiger partial charge on any atom is 0.125 e. The van der Waals surface area contributed by atoms with Gasteiger partial charge < -0.3 is 15.2 Å². The summed E-state index contributed by atoms with van der Waals surface area (Å²) >= 11 is 0. The molecule has 0 saturated carbocycles. The molecule has 1 aromatic carbocycles. The number of hydrogen-bond acceptors (Lipinski definition) is 3. The minimum absolute atomic E-state index is 0.132. The second-order valence-corrected chi connectivity index (χ2v) is 4.75. The first-order valence-corrected chi connectivity index (χ1v) is 6.59. The van der Waals surface area contributed by atoms with Crippen LogP contribution >= 0.6 is 0 Å². The van der Waals surface area contributed by atoms with Crippen LogP contribution < -0.4 is 10.5 Å². The first-order chi connectivity index (χ1) is 8.56. The Kier molecular flexibility index (Phi) is 6.16. The van der Waals surface area contributed by atoms with Crippen molar-refractivity contribution >= 4 is 0 Å².